The maximum absolute atomic E-state index is 11.8. The Balaban J connectivity index is 1.59. The Morgan fingerprint density at radius 3 is 2.52 bits per heavy atom. The number of hydrogen-bond donors (Lipinski definition) is 2. The van der Waals surface area contributed by atoms with E-state index in [0.717, 1.165) is 11.3 Å². The van der Waals surface area contributed by atoms with E-state index in [1.165, 1.54) is 0 Å². The molecule has 0 saturated carbocycles. The number of aromatic nitrogens is 2. The Bertz CT molecular complexity index is 642. The number of ether oxygens (including phenoxy) is 1. The maximum Gasteiger partial charge on any atom is 0.411 e. The van der Waals surface area contributed by atoms with Gasteiger partial charge >= 0.3 is 12.2 Å². The fourth-order valence-corrected chi connectivity index (χ4v) is 2.04. The molecule has 0 aliphatic rings. The van der Waals surface area contributed by atoms with Gasteiger partial charge in [0.2, 0.25) is 0 Å². The topological polar surface area (TPSA) is 68.2 Å². The first-order valence-electron chi connectivity index (χ1n) is 7.69. The van der Waals surface area contributed by atoms with Gasteiger partial charge in [0.05, 0.1) is 12.3 Å². The molecule has 0 spiro atoms. The second kappa shape index (κ2) is 9.07. The highest BCUT2D eigenvalue weighted by atomic mass is 19.4. The quantitative estimate of drug-likeness (QED) is 0.713. The highest BCUT2D eigenvalue weighted by Gasteiger charge is 2.27. The van der Waals surface area contributed by atoms with Gasteiger partial charge in [-0.05, 0) is 30.2 Å². The Labute approximate surface area is 143 Å². The van der Waals surface area contributed by atoms with Gasteiger partial charge in [-0.2, -0.15) is 18.3 Å². The molecule has 0 fully saturated rings. The minimum atomic E-state index is -4.35. The average molecular weight is 356 g/mol. The van der Waals surface area contributed by atoms with Crippen LogP contribution in [0.5, 0.6) is 0 Å². The number of carbonyl (C=O) groups is 1. The number of nitrogens with zero attached hydrogens (tertiary/aromatic N) is 2. The van der Waals surface area contributed by atoms with E-state index in [2.05, 4.69) is 20.5 Å². The van der Waals surface area contributed by atoms with Gasteiger partial charge in [-0.25, -0.2) is 9.48 Å². The predicted molar refractivity (Wildman–Crippen MR) is 85.5 cm³/mol. The summed E-state index contributed by atoms with van der Waals surface area (Å²) in [6.45, 7) is -1.08. The van der Waals surface area contributed by atoms with Gasteiger partial charge in [0, 0.05) is 25.5 Å². The van der Waals surface area contributed by atoms with Crippen molar-refractivity contribution in [2.75, 3.05) is 26.3 Å². The van der Waals surface area contributed by atoms with Crippen LogP contribution in [0, 0.1) is 0 Å². The van der Waals surface area contributed by atoms with Crippen molar-refractivity contribution in [3.8, 4) is 5.69 Å². The van der Waals surface area contributed by atoms with Gasteiger partial charge < -0.3 is 15.4 Å². The Hall–Kier alpha value is -2.55. The average Bonchev–Trinajstić information content (AvgIpc) is 3.08. The summed E-state index contributed by atoms with van der Waals surface area (Å²) in [4.78, 5) is 11.5. The molecule has 0 saturated heterocycles. The monoisotopic (exact) mass is 356 g/mol. The molecule has 1 heterocycles. The first kappa shape index (κ1) is 18.8. The summed E-state index contributed by atoms with van der Waals surface area (Å²) in [5.74, 6) is 0. The third kappa shape index (κ3) is 7.25. The number of benzene rings is 1. The first-order valence-corrected chi connectivity index (χ1v) is 7.69. The molecule has 2 N–H and O–H groups in total. The van der Waals surface area contributed by atoms with Crippen LogP contribution in [0.25, 0.3) is 5.69 Å². The minimum absolute atomic E-state index is 0.0144. The van der Waals surface area contributed by atoms with Crippen LogP contribution in [0.2, 0.25) is 0 Å². The zero-order valence-corrected chi connectivity index (χ0v) is 13.4. The van der Waals surface area contributed by atoms with Crippen LogP contribution in [-0.2, 0) is 11.2 Å². The van der Waals surface area contributed by atoms with E-state index in [1.807, 2.05) is 36.5 Å². The standard InChI is InChI=1S/C16H19F3N4O2/c17-16(18,19)12-25-11-9-21-15(24)20-8-6-13-2-4-14(5-3-13)23-10-1-7-22-23/h1-5,7,10H,6,8-9,11-12H2,(H2,20,21,24). The van der Waals surface area contributed by atoms with Crippen LogP contribution in [0.3, 0.4) is 0 Å². The molecule has 2 aromatic rings. The Morgan fingerprint density at radius 2 is 1.88 bits per heavy atom. The molecule has 0 atom stereocenters. The van der Waals surface area contributed by atoms with Crippen LogP contribution >= 0.6 is 0 Å². The molecule has 0 aliphatic carbocycles. The van der Waals surface area contributed by atoms with Gasteiger partial charge in [0.1, 0.15) is 6.61 Å². The predicted octanol–water partition coefficient (Wildman–Crippen LogP) is 2.29. The van der Waals surface area contributed by atoms with E-state index in [-0.39, 0.29) is 13.2 Å². The van der Waals surface area contributed by atoms with E-state index in [0.29, 0.717) is 13.0 Å². The summed E-state index contributed by atoms with van der Waals surface area (Å²) < 4.78 is 41.7. The molecule has 0 radical (unpaired) electrons. The summed E-state index contributed by atoms with van der Waals surface area (Å²) in [5.41, 5.74) is 1.99. The van der Waals surface area contributed by atoms with E-state index in [1.54, 1.807) is 10.9 Å². The number of rotatable bonds is 8. The zero-order chi connectivity index (χ0) is 18.1. The number of hydrogen-bond acceptors (Lipinski definition) is 3. The van der Waals surface area contributed by atoms with Gasteiger partial charge in [-0.1, -0.05) is 12.1 Å². The second-order valence-corrected chi connectivity index (χ2v) is 5.22. The number of halogens is 3. The molecule has 0 aliphatic heterocycles. The fraction of sp³-hybridized carbons (Fsp3) is 0.375. The highest BCUT2D eigenvalue weighted by molar-refractivity contribution is 5.73. The number of carbonyl (C=O) groups excluding carboxylic acids is 1. The van der Waals surface area contributed by atoms with Crippen molar-refractivity contribution >= 4 is 6.03 Å². The molecule has 0 unspecified atom stereocenters. The van der Waals surface area contributed by atoms with Crippen LogP contribution < -0.4 is 10.6 Å². The maximum atomic E-state index is 11.8. The smallest absolute Gasteiger partial charge is 0.370 e. The molecule has 0 bridgehead atoms. The van der Waals surface area contributed by atoms with E-state index < -0.39 is 18.8 Å². The number of nitrogens with one attached hydrogen (secondary N) is 2. The van der Waals surface area contributed by atoms with Gasteiger partial charge in [0.25, 0.3) is 0 Å². The van der Waals surface area contributed by atoms with Crippen LogP contribution in [0.1, 0.15) is 5.56 Å². The summed E-state index contributed by atoms with van der Waals surface area (Å²) in [6, 6.07) is 9.15. The Kier molecular flexibility index (Phi) is 6.81. The van der Waals surface area contributed by atoms with Crippen molar-refractivity contribution in [2.45, 2.75) is 12.6 Å². The van der Waals surface area contributed by atoms with Crippen molar-refractivity contribution < 1.29 is 22.7 Å². The molecule has 25 heavy (non-hydrogen) atoms. The van der Waals surface area contributed by atoms with E-state index >= 15 is 0 Å². The molecule has 136 valence electrons. The molecular formula is C16H19F3N4O2. The largest absolute Gasteiger partial charge is 0.411 e. The lowest BCUT2D eigenvalue weighted by molar-refractivity contribution is -0.173. The molecule has 6 nitrogen and oxygen atoms in total. The third-order valence-electron chi connectivity index (χ3n) is 3.20. The Morgan fingerprint density at radius 1 is 1.16 bits per heavy atom. The summed E-state index contributed by atoms with van der Waals surface area (Å²) in [5, 5.41) is 9.20. The van der Waals surface area contributed by atoms with Crippen molar-refractivity contribution in [3.05, 3.63) is 48.3 Å². The van der Waals surface area contributed by atoms with Gasteiger partial charge in [-0.3, -0.25) is 0 Å². The van der Waals surface area contributed by atoms with E-state index in [4.69, 9.17) is 0 Å². The second-order valence-electron chi connectivity index (χ2n) is 5.22. The molecule has 2 rings (SSSR count). The molecule has 9 heteroatoms. The van der Waals surface area contributed by atoms with Crippen molar-refractivity contribution in [1.29, 1.82) is 0 Å². The number of urea groups is 1. The molecule has 1 aromatic heterocycles. The first-order chi connectivity index (χ1) is 11.9. The normalized spacial score (nSPS) is 11.3. The minimum Gasteiger partial charge on any atom is -0.370 e. The van der Waals surface area contributed by atoms with Crippen molar-refractivity contribution in [2.24, 2.45) is 0 Å². The summed E-state index contributed by atoms with van der Waals surface area (Å²) >= 11 is 0. The number of amides is 2. The summed E-state index contributed by atoms with van der Waals surface area (Å²) in [6.07, 6.45) is -0.170. The van der Waals surface area contributed by atoms with Crippen molar-refractivity contribution in [1.82, 2.24) is 20.4 Å². The van der Waals surface area contributed by atoms with Crippen LogP contribution in [-0.4, -0.2) is 48.3 Å². The lowest BCUT2D eigenvalue weighted by Crippen LogP contribution is -2.38. The SMILES string of the molecule is O=C(NCCOCC(F)(F)F)NCCc1ccc(-n2cccn2)cc1. The summed E-state index contributed by atoms with van der Waals surface area (Å²) in [7, 11) is 0. The molecule has 1 aromatic carbocycles. The van der Waals surface area contributed by atoms with Crippen molar-refractivity contribution in [3.63, 3.8) is 0 Å². The zero-order valence-electron chi connectivity index (χ0n) is 13.4. The fourth-order valence-electron chi connectivity index (χ4n) is 2.04. The van der Waals surface area contributed by atoms with Gasteiger partial charge in [0.15, 0.2) is 0 Å². The molecular weight excluding hydrogens is 337 g/mol. The number of alkyl halides is 3. The molecule has 2 amide bonds. The third-order valence-corrected chi connectivity index (χ3v) is 3.20. The van der Waals surface area contributed by atoms with Crippen LogP contribution in [0.15, 0.2) is 42.7 Å². The van der Waals surface area contributed by atoms with E-state index in [9.17, 15) is 18.0 Å². The van der Waals surface area contributed by atoms with Gasteiger partial charge in [-0.15, -0.1) is 0 Å². The lowest BCUT2D eigenvalue weighted by Gasteiger charge is -2.10. The highest BCUT2D eigenvalue weighted by Crippen LogP contribution is 2.14. The lowest BCUT2D eigenvalue weighted by atomic mass is 10.1. The van der Waals surface area contributed by atoms with Crippen LogP contribution in [0.4, 0.5) is 18.0 Å².